The zero-order chi connectivity index (χ0) is 19.6. The van der Waals surface area contributed by atoms with Crippen LogP contribution in [0.5, 0.6) is 0 Å². The number of carboxylic acid groups (broad SMARTS) is 1. The maximum Gasteiger partial charge on any atom is 0.328 e. The van der Waals surface area contributed by atoms with Gasteiger partial charge in [-0.3, -0.25) is 14.4 Å². The molecule has 0 rings (SSSR count). The van der Waals surface area contributed by atoms with Crippen LogP contribution in [0.4, 0.5) is 0 Å². The molecule has 13 heteroatoms. The molecule has 144 valence electrons. The first kappa shape index (κ1) is 23.5. The molecule has 0 aromatic heterocycles. The highest BCUT2D eigenvalue weighted by molar-refractivity contribution is 7.80. The van der Waals surface area contributed by atoms with Gasteiger partial charge in [0.15, 0.2) is 0 Å². The van der Waals surface area contributed by atoms with E-state index < -0.39 is 61.1 Å². The van der Waals surface area contributed by atoms with Gasteiger partial charge in [0.05, 0.1) is 13.2 Å². The fourth-order valence-electron chi connectivity index (χ4n) is 1.48. The number of rotatable bonds is 11. The van der Waals surface area contributed by atoms with Gasteiger partial charge in [0.1, 0.15) is 24.2 Å². The van der Waals surface area contributed by atoms with Crippen molar-refractivity contribution in [1.82, 2.24) is 16.0 Å². The molecule has 0 fully saturated rings. The molecule has 0 radical (unpaired) electrons. The van der Waals surface area contributed by atoms with E-state index in [1.54, 1.807) is 0 Å². The summed E-state index contributed by atoms with van der Waals surface area (Å²) >= 11 is 7.82. The van der Waals surface area contributed by atoms with E-state index in [-0.39, 0.29) is 11.5 Å². The Morgan fingerprint density at radius 1 is 0.800 bits per heavy atom. The molecular formula is C12H22N4O7S2. The third-order valence-corrected chi connectivity index (χ3v) is 3.69. The zero-order valence-electron chi connectivity index (χ0n) is 13.1. The summed E-state index contributed by atoms with van der Waals surface area (Å²) < 4.78 is 0. The van der Waals surface area contributed by atoms with E-state index >= 15 is 0 Å². The first-order valence-electron chi connectivity index (χ1n) is 7.04. The number of aliphatic carboxylic acids is 1. The van der Waals surface area contributed by atoms with E-state index in [1.807, 2.05) is 5.32 Å². The summed E-state index contributed by atoms with van der Waals surface area (Å²) in [6.07, 6.45) is 0. The van der Waals surface area contributed by atoms with Gasteiger partial charge >= 0.3 is 5.97 Å². The van der Waals surface area contributed by atoms with Crippen LogP contribution in [0.1, 0.15) is 0 Å². The normalized spacial score (nSPS) is 15.4. The Kier molecular flexibility index (Phi) is 11.2. The molecule has 0 spiro atoms. The van der Waals surface area contributed by atoms with Gasteiger partial charge in [-0.15, -0.1) is 0 Å². The molecule has 0 saturated heterocycles. The number of aliphatic hydroxyl groups excluding tert-OH is 2. The molecule has 0 aliphatic rings. The number of nitrogens with two attached hydrogens (primary N) is 1. The Balaban J connectivity index is 4.86. The number of carbonyl (C=O) groups excluding carboxylic acids is 3. The highest BCUT2D eigenvalue weighted by atomic mass is 32.1. The third kappa shape index (κ3) is 7.92. The molecule has 8 N–H and O–H groups in total. The van der Waals surface area contributed by atoms with Gasteiger partial charge < -0.3 is 37.0 Å². The lowest BCUT2D eigenvalue weighted by Gasteiger charge is -2.23. The number of nitrogens with one attached hydrogen (secondary N) is 3. The van der Waals surface area contributed by atoms with Crippen LogP contribution in [-0.2, 0) is 19.2 Å². The van der Waals surface area contributed by atoms with Gasteiger partial charge in [0.25, 0.3) is 0 Å². The van der Waals surface area contributed by atoms with E-state index in [0.29, 0.717) is 0 Å². The number of carboxylic acids is 1. The fraction of sp³-hybridized carbons (Fsp3) is 0.667. The predicted octanol–water partition coefficient (Wildman–Crippen LogP) is -4.30. The summed E-state index contributed by atoms with van der Waals surface area (Å²) in [5, 5.41) is 33.0. The molecule has 0 aromatic rings. The second-order valence-corrected chi connectivity index (χ2v) is 5.59. The minimum Gasteiger partial charge on any atom is -0.480 e. The lowest BCUT2D eigenvalue weighted by Crippen LogP contribution is -2.58. The zero-order valence-corrected chi connectivity index (χ0v) is 14.9. The maximum absolute atomic E-state index is 12.1. The van der Waals surface area contributed by atoms with Crippen molar-refractivity contribution in [2.75, 3.05) is 24.7 Å². The lowest BCUT2D eigenvalue weighted by atomic mass is 10.2. The number of amides is 3. The van der Waals surface area contributed by atoms with Crippen molar-refractivity contribution in [3.8, 4) is 0 Å². The maximum atomic E-state index is 12.1. The van der Waals surface area contributed by atoms with Crippen LogP contribution in [0.3, 0.4) is 0 Å². The standard InChI is InChI=1S/C12H22N4O7S2/c13-5(1-17)9(19)15-7(3-24)11(21)16-8(4-25)10(20)14-6(2-18)12(22)23/h5-8,17-18,24-25H,1-4,13H2,(H,14,20)(H,15,19)(H,16,21)(H,22,23). The van der Waals surface area contributed by atoms with Crippen LogP contribution in [0.25, 0.3) is 0 Å². The molecule has 0 heterocycles. The summed E-state index contributed by atoms with van der Waals surface area (Å²) in [4.78, 5) is 46.5. The summed E-state index contributed by atoms with van der Waals surface area (Å²) in [7, 11) is 0. The van der Waals surface area contributed by atoms with Gasteiger partial charge in [-0.1, -0.05) is 0 Å². The Morgan fingerprint density at radius 2 is 1.20 bits per heavy atom. The molecule has 0 bridgehead atoms. The number of hydrogen-bond acceptors (Lipinski definition) is 9. The monoisotopic (exact) mass is 398 g/mol. The largest absolute Gasteiger partial charge is 0.480 e. The Hall–Kier alpha value is -1.54. The van der Waals surface area contributed by atoms with Crippen LogP contribution in [-0.4, -0.2) is 87.9 Å². The minimum atomic E-state index is -1.53. The van der Waals surface area contributed by atoms with Crippen LogP contribution < -0.4 is 21.7 Å². The van der Waals surface area contributed by atoms with Gasteiger partial charge in [-0.05, 0) is 0 Å². The highest BCUT2D eigenvalue weighted by Crippen LogP contribution is 1.96. The molecular weight excluding hydrogens is 376 g/mol. The molecule has 0 aliphatic heterocycles. The van der Waals surface area contributed by atoms with Crippen LogP contribution >= 0.6 is 25.3 Å². The molecule has 4 unspecified atom stereocenters. The quantitative estimate of drug-likeness (QED) is 0.156. The summed E-state index contributed by atoms with van der Waals surface area (Å²) in [6, 6.07) is -5.11. The number of carbonyl (C=O) groups is 4. The predicted molar refractivity (Wildman–Crippen MR) is 93.3 cm³/mol. The van der Waals surface area contributed by atoms with Crippen molar-refractivity contribution < 1.29 is 34.5 Å². The molecule has 0 saturated carbocycles. The second kappa shape index (κ2) is 11.9. The molecule has 11 nitrogen and oxygen atoms in total. The summed E-state index contributed by atoms with van der Waals surface area (Å²) in [5.74, 6) is -4.17. The van der Waals surface area contributed by atoms with Crippen molar-refractivity contribution in [2.24, 2.45) is 5.73 Å². The van der Waals surface area contributed by atoms with Gasteiger partial charge in [-0.25, -0.2) is 4.79 Å². The first-order chi connectivity index (χ1) is 11.7. The molecule has 3 amide bonds. The first-order valence-corrected chi connectivity index (χ1v) is 8.31. The van der Waals surface area contributed by atoms with Crippen molar-refractivity contribution in [3.63, 3.8) is 0 Å². The van der Waals surface area contributed by atoms with Crippen molar-refractivity contribution >= 4 is 48.9 Å². The molecule has 4 atom stereocenters. The summed E-state index contributed by atoms with van der Waals surface area (Å²) in [5.41, 5.74) is 5.32. The number of aliphatic hydroxyl groups is 2. The van der Waals surface area contributed by atoms with Crippen LogP contribution in [0, 0.1) is 0 Å². The van der Waals surface area contributed by atoms with E-state index in [4.69, 9.17) is 21.1 Å². The SMILES string of the molecule is NC(CO)C(=O)NC(CS)C(=O)NC(CS)C(=O)NC(CO)C(=O)O. The highest BCUT2D eigenvalue weighted by Gasteiger charge is 2.28. The van der Waals surface area contributed by atoms with Gasteiger partial charge in [0.2, 0.25) is 17.7 Å². The van der Waals surface area contributed by atoms with Crippen LogP contribution in [0.15, 0.2) is 0 Å². The smallest absolute Gasteiger partial charge is 0.328 e. The average Bonchev–Trinajstić information content (AvgIpc) is 2.59. The number of thiol groups is 2. The third-order valence-electron chi connectivity index (χ3n) is 2.96. The van der Waals surface area contributed by atoms with E-state index in [1.165, 1.54) is 0 Å². The lowest BCUT2D eigenvalue weighted by molar-refractivity contribution is -0.143. The number of hydrogen-bond donors (Lipinski definition) is 9. The van der Waals surface area contributed by atoms with Crippen molar-refractivity contribution in [3.05, 3.63) is 0 Å². The summed E-state index contributed by atoms with van der Waals surface area (Å²) in [6.45, 7) is -1.45. The van der Waals surface area contributed by atoms with E-state index in [2.05, 4.69) is 35.9 Å². The molecule has 0 aromatic carbocycles. The van der Waals surface area contributed by atoms with Gasteiger partial charge in [-0.2, -0.15) is 25.3 Å². The van der Waals surface area contributed by atoms with Gasteiger partial charge in [0, 0.05) is 11.5 Å². The van der Waals surface area contributed by atoms with E-state index in [9.17, 15) is 19.2 Å². The Morgan fingerprint density at radius 3 is 1.52 bits per heavy atom. The topological polar surface area (TPSA) is 191 Å². The van der Waals surface area contributed by atoms with Crippen molar-refractivity contribution in [2.45, 2.75) is 24.2 Å². The van der Waals surface area contributed by atoms with Crippen LogP contribution in [0.2, 0.25) is 0 Å². The Labute approximate surface area is 154 Å². The Bertz CT molecular complexity index is 494. The molecule has 25 heavy (non-hydrogen) atoms. The average molecular weight is 398 g/mol. The van der Waals surface area contributed by atoms with Crippen molar-refractivity contribution in [1.29, 1.82) is 0 Å². The van der Waals surface area contributed by atoms with E-state index in [0.717, 1.165) is 0 Å². The minimum absolute atomic E-state index is 0.120. The fourth-order valence-corrected chi connectivity index (χ4v) is 1.99. The second-order valence-electron chi connectivity index (χ2n) is 4.86. The molecule has 0 aliphatic carbocycles.